The Morgan fingerprint density at radius 2 is 1.81 bits per heavy atom. The Morgan fingerprint density at radius 3 is 2.31 bits per heavy atom. The smallest absolute Gasteiger partial charge is 0.271 e. The number of benzene rings is 1. The lowest BCUT2D eigenvalue weighted by Gasteiger charge is -2.05. The number of thiazole rings is 1. The molecule has 1 unspecified atom stereocenters. The van der Waals surface area contributed by atoms with Crippen molar-refractivity contribution in [3.8, 4) is 0 Å². The SMILES string of the molecule is Cc1sc(C(O)c2ccccc2)[n+](C)c1C. The maximum atomic E-state index is 10.3. The molecule has 1 N–H and O–H groups in total. The largest absolute Gasteiger partial charge is 0.377 e. The van der Waals surface area contributed by atoms with Crippen LogP contribution in [0.15, 0.2) is 30.3 Å². The highest BCUT2D eigenvalue weighted by Gasteiger charge is 2.25. The number of aryl methyl sites for hydroxylation is 1. The van der Waals surface area contributed by atoms with E-state index in [1.54, 1.807) is 11.3 Å². The minimum absolute atomic E-state index is 0.524. The summed E-state index contributed by atoms with van der Waals surface area (Å²) in [5.41, 5.74) is 2.16. The summed E-state index contributed by atoms with van der Waals surface area (Å²) in [5.74, 6) is 0. The van der Waals surface area contributed by atoms with Crippen LogP contribution in [-0.4, -0.2) is 5.11 Å². The van der Waals surface area contributed by atoms with Crippen LogP contribution >= 0.6 is 11.3 Å². The standard InChI is InChI=1S/C13H16NOS/c1-9-10(2)16-13(14(9)3)12(15)11-7-5-4-6-8-11/h4-8,12,15H,1-3H3/q+1. The molecule has 0 bridgehead atoms. The summed E-state index contributed by atoms with van der Waals surface area (Å²) in [5, 5.41) is 11.3. The van der Waals surface area contributed by atoms with Crippen molar-refractivity contribution in [1.82, 2.24) is 0 Å². The van der Waals surface area contributed by atoms with Gasteiger partial charge in [-0.3, -0.25) is 0 Å². The lowest BCUT2D eigenvalue weighted by molar-refractivity contribution is -0.683. The molecule has 0 saturated carbocycles. The Hall–Kier alpha value is -1.19. The molecule has 84 valence electrons. The molecule has 0 saturated heterocycles. The lowest BCUT2D eigenvalue weighted by atomic mass is 10.1. The van der Waals surface area contributed by atoms with Crippen molar-refractivity contribution >= 4 is 11.3 Å². The number of nitrogens with zero attached hydrogens (tertiary/aromatic N) is 1. The van der Waals surface area contributed by atoms with Crippen LogP contribution in [0.3, 0.4) is 0 Å². The predicted octanol–water partition coefficient (Wildman–Crippen LogP) is 2.27. The summed E-state index contributed by atoms with van der Waals surface area (Å²) in [7, 11) is 2.00. The maximum absolute atomic E-state index is 10.3. The van der Waals surface area contributed by atoms with Crippen molar-refractivity contribution in [2.24, 2.45) is 7.05 Å². The molecule has 0 fully saturated rings. The normalized spacial score (nSPS) is 12.8. The second kappa shape index (κ2) is 4.36. The first-order valence-electron chi connectivity index (χ1n) is 5.30. The molecule has 1 atom stereocenters. The second-order valence-corrected chi connectivity index (χ2v) is 5.19. The van der Waals surface area contributed by atoms with E-state index < -0.39 is 6.10 Å². The van der Waals surface area contributed by atoms with Gasteiger partial charge in [-0.1, -0.05) is 41.7 Å². The summed E-state index contributed by atoms with van der Waals surface area (Å²) in [6.07, 6.45) is -0.524. The summed E-state index contributed by atoms with van der Waals surface area (Å²) in [6.45, 7) is 4.16. The van der Waals surface area contributed by atoms with Gasteiger partial charge >= 0.3 is 0 Å². The minimum Gasteiger partial charge on any atom is -0.377 e. The zero-order valence-electron chi connectivity index (χ0n) is 9.77. The monoisotopic (exact) mass is 234 g/mol. The number of rotatable bonds is 2. The molecule has 1 heterocycles. The van der Waals surface area contributed by atoms with Gasteiger partial charge < -0.3 is 5.11 Å². The van der Waals surface area contributed by atoms with Gasteiger partial charge in [0.15, 0.2) is 11.8 Å². The van der Waals surface area contributed by atoms with Crippen molar-refractivity contribution in [3.05, 3.63) is 51.5 Å². The van der Waals surface area contributed by atoms with Gasteiger partial charge in [0.2, 0.25) is 0 Å². The average molecular weight is 234 g/mol. The number of aliphatic hydroxyl groups excluding tert-OH is 1. The quantitative estimate of drug-likeness (QED) is 0.792. The van der Waals surface area contributed by atoms with Crippen LogP contribution in [-0.2, 0) is 7.05 Å². The van der Waals surface area contributed by atoms with E-state index in [1.165, 1.54) is 10.6 Å². The van der Waals surface area contributed by atoms with Crippen LogP contribution in [0.4, 0.5) is 0 Å². The Labute approximate surface area is 99.8 Å². The van der Waals surface area contributed by atoms with Gasteiger partial charge in [0.05, 0.1) is 4.88 Å². The Kier molecular flexibility index (Phi) is 3.08. The second-order valence-electron chi connectivity index (χ2n) is 3.95. The lowest BCUT2D eigenvalue weighted by Crippen LogP contribution is -2.35. The average Bonchev–Trinajstić information content (AvgIpc) is 2.57. The van der Waals surface area contributed by atoms with Crippen molar-refractivity contribution in [2.75, 3.05) is 0 Å². The first-order valence-corrected chi connectivity index (χ1v) is 6.12. The molecule has 0 aliphatic rings. The molecule has 0 radical (unpaired) electrons. The van der Waals surface area contributed by atoms with Gasteiger partial charge in [0, 0.05) is 6.92 Å². The number of hydrogen-bond donors (Lipinski definition) is 1. The van der Waals surface area contributed by atoms with Gasteiger partial charge in [-0.05, 0) is 12.5 Å². The molecule has 16 heavy (non-hydrogen) atoms. The zero-order valence-corrected chi connectivity index (χ0v) is 10.6. The molecule has 2 aromatic rings. The Bertz CT molecular complexity index is 490. The molecule has 2 rings (SSSR count). The fourth-order valence-corrected chi connectivity index (χ4v) is 2.84. The zero-order chi connectivity index (χ0) is 11.7. The van der Waals surface area contributed by atoms with Gasteiger partial charge in [-0.25, -0.2) is 0 Å². The molecule has 2 nitrogen and oxygen atoms in total. The highest BCUT2D eigenvalue weighted by molar-refractivity contribution is 7.11. The third-order valence-electron chi connectivity index (χ3n) is 2.95. The first-order chi connectivity index (χ1) is 7.61. The molecule has 1 aromatic heterocycles. The van der Waals surface area contributed by atoms with Crippen LogP contribution in [0.25, 0.3) is 0 Å². The van der Waals surface area contributed by atoms with E-state index in [0.717, 1.165) is 10.6 Å². The predicted molar refractivity (Wildman–Crippen MR) is 65.5 cm³/mol. The molecule has 0 amide bonds. The fourth-order valence-electron chi connectivity index (χ4n) is 1.72. The summed E-state index contributed by atoms with van der Waals surface area (Å²) in [6, 6.07) is 9.77. The van der Waals surface area contributed by atoms with Gasteiger partial charge in [-0.15, -0.1) is 0 Å². The summed E-state index contributed by atoms with van der Waals surface area (Å²) >= 11 is 1.66. The Morgan fingerprint density at radius 1 is 1.19 bits per heavy atom. The van der Waals surface area contributed by atoms with E-state index in [9.17, 15) is 5.11 Å². The topological polar surface area (TPSA) is 24.1 Å². The van der Waals surface area contributed by atoms with Crippen molar-refractivity contribution in [1.29, 1.82) is 0 Å². The number of aromatic nitrogens is 1. The highest BCUT2D eigenvalue weighted by atomic mass is 32.1. The number of hydrogen-bond acceptors (Lipinski definition) is 2. The third-order valence-corrected chi connectivity index (χ3v) is 4.26. The van der Waals surface area contributed by atoms with Crippen molar-refractivity contribution < 1.29 is 9.67 Å². The van der Waals surface area contributed by atoms with E-state index in [2.05, 4.69) is 18.4 Å². The summed E-state index contributed by atoms with van der Waals surface area (Å²) < 4.78 is 2.07. The van der Waals surface area contributed by atoms with Crippen LogP contribution < -0.4 is 4.57 Å². The molecular formula is C13H16NOS+. The molecule has 1 aromatic carbocycles. The van der Waals surface area contributed by atoms with Crippen LogP contribution in [0, 0.1) is 13.8 Å². The van der Waals surface area contributed by atoms with E-state index in [1.807, 2.05) is 37.4 Å². The number of aliphatic hydroxyl groups is 1. The van der Waals surface area contributed by atoms with Crippen LogP contribution in [0.1, 0.15) is 27.2 Å². The highest BCUT2D eigenvalue weighted by Crippen LogP contribution is 2.25. The van der Waals surface area contributed by atoms with Crippen molar-refractivity contribution in [2.45, 2.75) is 20.0 Å². The third kappa shape index (κ3) is 1.88. The van der Waals surface area contributed by atoms with Crippen molar-refractivity contribution in [3.63, 3.8) is 0 Å². The minimum atomic E-state index is -0.524. The molecular weight excluding hydrogens is 218 g/mol. The Balaban J connectivity index is 2.42. The van der Waals surface area contributed by atoms with E-state index in [4.69, 9.17) is 0 Å². The van der Waals surface area contributed by atoms with Crippen LogP contribution in [0.5, 0.6) is 0 Å². The fraction of sp³-hybridized carbons (Fsp3) is 0.308. The molecule has 0 spiro atoms. The first kappa shape index (κ1) is 11.3. The van der Waals surface area contributed by atoms with E-state index >= 15 is 0 Å². The molecule has 0 aliphatic carbocycles. The van der Waals surface area contributed by atoms with Gasteiger partial charge in [0.25, 0.3) is 5.01 Å². The van der Waals surface area contributed by atoms with E-state index in [0.29, 0.717) is 0 Å². The van der Waals surface area contributed by atoms with E-state index in [-0.39, 0.29) is 0 Å². The molecule has 0 aliphatic heterocycles. The molecule has 3 heteroatoms. The maximum Gasteiger partial charge on any atom is 0.271 e. The van der Waals surface area contributed by atoms with Crippen LogP contribution in [0.2, 0.25) is 0 Å². The van der Waals surface area contributed by atoms with Gasteiger partial charge in [-0.2, -0.15) is 4.57 Å². The summed E-state index contributed by atoms with van der Waals surface area (Å²) in [4.78, 5) is 1.26. The van der Waals surface area contributed by atoms with Gasteiger partial charge in [0.1, 0.15) is 7.05 Å².